The van der Waals surface area contributed by atoms with Crippen LogP contribution in [0.3, 0.4) is 0 Å². The molecular weight excluding hydrogens is 184 g/mol. The minimum absolute atomic E-state index is 0.0457. The maximum Gasteiger partial charge on any atom is 0.158 e. The second kappa shape index (κ2) is 9.12. The first-order chi connectivity index (χ1) is 6.68. The summed E-state index contributed by atoms with van der Waals surface area (Å²) in [5.41, 5.74) is 0. The Morgan fingerprint density at radius 3 is 2.50 bits per heavy atom. The number of Topliss-reactive ketones (excluding diaryl/α,β-unsaturated/α-hetero) is 1. The van der Waals surface area contributed by atoms with Crippen LogP contribution in [0.15, 0.2) is 0 Å². The van der Waals surface area contributed by atoms with Gasteiger partial charge >= 0.3 is 0 Å². The topological polar surface area (TPSA) is 44.8 Å². The molecule has 0 amide bonds. The molecule has 0 bridgehead atoms. The lowest BCUT2D eigenvalue weighted by Gasteiger charge is -2.09. The number of rotatable bonds is 9. The van der Waals surface area contributed by atoms with E-state index in [1.165, 1.54) is 6.92 Å². The van der Waals surface area contributed by atoms with Crippen LogP contribution in [0.25, 0.3) is 0 Å². The molecule has 0 radical (unpaired) electrons. The normalized spacial score (nSPS) is 12.8. The fourth-order valence-electron chi connectivity index (χ4n) is 0.809. The SMILES string of the molecule is COCCCOCCOC(C)C(C)=O. The smallest absolute Gasteiger partial charge is 0.158 e. The molecule has 4 nitrogen and oxygen atoms in total. The summed E-state index contributed by atoms with van der Waals surface area (Å²) in [6.45, 7) is 5.64. The Labute approximate surface area is 85.5 Å². The van der Waals surface area contributed by atoms with Crippen LogP contribution in [0.5, 0.6) is 0 Å². The van der Waals surface area contributed by atoms with Crippen molar-refractivity contribution in [2.45, 2.75) is 26.4 Å². The Balaban J connectivity index is 3.09. The van der Waals surface area contributed by atoms with Crippen molar-refractivity contribution in [3.63, 3.8) is 0 Å². The van der Waals surface area contributed by atoms with Gasteiger partial charge in [0.1, 0.15) is 6.10 Å². The molecule has 0 aliphatic heterocycles. The lowest BCUT2D eigenvalue weighted by atomic mass is 10.3. The molecule has 0 saturated heterocycles. The van der Waals surface area contributed by atoms with Crippen molar-refractivity contribution in [2.75, 3.05) is 33.5 Å². The summed E-state index contributed by atoms with van der Waals surface area (Å²) in [7, 11) is 1.66. The summed E-state index contributed by atoms with van der Waals surface area (Å²) in [5, 5.41) is 0. The van der Waals surface area contributed by atoms with Gasteiger partial charge in [0.2, 0.25) is 0 Å². The fraction of sp³-hybridized carbons (Fsp3) is 0.900. The largest absolute Gasteiger partial charge is 0.385 e. The Kier molecular flexibility index (Phi) is 8.83. The molecule has 0 fully saturated rings. The predicted molar refractivity (Wildman–Crippen MR) is 53.4 cm³/mol. The quantitative estimate of drug-likeness (QED) is 0.526. The number of ketones is 1. The molecule has 0 saturated carbocycles. The Morgan fingerprint density at radius 2 is 1.93 bits per heavy atom. The third-order valence-corrected chi connectivity index (χ3v) is 1.81. The van der Waals surface area contributed by atoms with Crippen LogP contribution in [0.1, 0.15) is 20.3 Å². The first-order valence-corrected chi connectivity index (χ1v) is 4.87. The van der Waals surface area contributed by atoms with Crippen molar-refractivity contribution in [3.05, 3.63) is 0 Å². The summed E-state index contributed by atoms with van der Waals surface area (Å²) < 4.78 is 15.3. The van der Waals surface area contributed by atoms with Crippen LogP contribution < -0.4 is 0 Å². The molecule has 4 heteroatoms. The second-order valence-electron chi connectivity index (χ2n) is 3.08. The minimum Gasteiger partial charge on any atom is -0.385 e. The highest BCUT2D eigenvalue weighted by atomic mass is 16.5. The highest BCUT2D eigenvalue weighted by molar-refractivity contribution is 5.79. The Bertz CT molecular complexity index is 147. The van der Waals surface area contributed by atoms with Gasteiger partial charge in [-0.05, 0) is 20.3 Å². The van der Waals surface area contributed by atoms with Gasteiger partial charge in [-0.2, -0.15) is 0 Å². The lowest BCUT2D eigenvalue weighted by Crippen LogP contribution is -2.20. The van der Waals surface area contributed by atoms with Gasteiger partial charge in [0.25, 0.3) is 0 Å². The van der Waals surface area contributed by atoms with Gasteiger partial charge in [0, 0.05) is 20.3 Å². The van der Waals surface area contributed by atoms with E-state index in [2.05, 4.69) is 0 Å². The van der Waals surface area contributed by atoms with Gasteiger partial charge in [0.15, 0.2) is 5.78 Å². The first kappa shape index (κ1) is 13.5. The summed E-state index contributed by atoms with van der Waals surface area (Å²) in [6, 6.07) is 0. The number of ether oxygens (including phenoxy) is 3. The van der Waals surface area contributed by atoms with Crippen molar-refractivity contribution >= 4 is 5.78 Å². The lowest BCUT2D eigenvalue weighted by molar-refractivity contribution is -0.128. The Hall–Kier alpha value is -0.450. The van der Waals surface area contributed by atoms with Gasteiger partial charge in [0.05, 0.1) is 13.2 Å². The van der Waals surface area contributed by atoms with Crippen LogP contribution in [0, 0.1) is 0 Å². The molecule has 1 unspecified atom stereocenters. The zero-order chi connectivity index (χ0) is 10.8. The van der Waals surface area contributed by atoms with Crippen LogP contribution in [-0.2, 0) is 19.0 Å². The molecule has 1 atom stereocenters. The van der Waals surface area contributed by atoms with Gasteiger partial charge in [-0.1, -0.05) is 0 Å². The van der Waals surface area contributed by atoms with Crippen molar-refractivity contribution in [1.82, 2.24) is 0 Å². The molecule has 0 rings (SSSR count). The summed E-state index contributed by atoms with van der Waals surface area (Å²) in [4.78, 5) is 10.8. The molecule has 0 aliphatic rings. The van der Waals surface area contributed by atoms with Gasteiger partial charge in [-0.3, -0.25) is 4.79 Å². The molecular formula is C10H20O4. The zero-order valence-corrected chi connectivity index (χ0v) is 9.25. The van der Waals surface area contributed by atoms with E-state index in [-0.39, 0.29) is 11.9 Å². The maximum atomic E-state index is 10.8. The van der Waals surface area contributed by atoms with Gasteiger partial charge < -0.3 is 14.2 Å². The van der Waals surface area contributed by atoms with Crippen molar-refractivity contribution in [1.29, 1.82) is 0 Å². The molecule has 0 N–H and O–H groups in total. The molecule has 84 valence electrons. The van der Waals surface area contributed by atoms with E-state index in [4.69, 9.17) is 14.2 Å². The van der Waals surface area contributed by atoms with E-state index in [1.54, 1.807) is 14.0 Å². The number of hydrogen-bond acceptors (Lipinski definition) is 4. The summed E-state index contributed by atoms with van der Waals surface area (Å²) in [5.74, 6) is 0.0457. The van der Waals surface area contributed by atoms with Crippen molar-refractivity contribution in [3.8, 4) is 0 Å². The molecule has 0 aromatic heterocycles. The van der Waals surface area contributed by atoms with Crippen LogP contribution in [0.2, 0.25) is 0 Å². The van der Waals surface area contributed by atoms with E-state index in [1.807, 2.05) is 0 Å². The average Bonchev–Trinajstić information content (AvgIpc) is 2.16. The third-order valence-electron chi connectivity index (χ3n) is 1.81. The van der Waals surface area contributed by atoms with E-state index in [9.17, 15) is 4.79 Å². The number of hydrogen-bond donors (Lipinski definition) is 0. The third kappa shape index (κ3) is 8.16. The zero-order valence-electron chi connectivity index (χ0n) is 9.25. The predicted octanol–water partition coefficient (Wildman–Crippen LogP) is 1.03. The van der Waals surface area contributed by atoms with E-state index < -0.39 is 0 Å². The van der Waals surface area contributed by atoms with E-state index in [0.717, 1.165) is 6.42 Å². The highest BCUT2D eigenvalue weighted by Gasteiger charge is 2.06. The van der Waals surface area contributed by atoms with Crippen molar-refractivity contribution in [2.24, 2.45) is 0 Å². The average molecular weight is 204 g/mol. The molecule has 0 aliphatic carbocycles. The van der Waals surface area contributed by atoms with Crippen LogP contribution in [0.4, 0.5) is 0 Å². The standard InChI is InChI=1S/C10H20O4/c1-9(11)10(2)14-8-7-13-6-4-5-12-3/h10H,4-8H2,1-3H3. The van der Waals surface area contributed by atoms with Crippen LogP contribution in [-0.4, -0.2) is 45.4 Å². The van der Waals surface area contributed by atoms with Crippen molar-refractivity contribution < 1.29 is 19.0 Å². The number of carbonyl (C=O) groups excluding carboxylic acids is 1. The number of methoxy groups -OCH3 is 1. The monoisotopic (exact) mass is 204 g/mol. The molecule has 0 aromatic rings. The second-order valence-corrected chi connectivity index (χ2v) is 3.08. The summed E-state index contributed by atoms with van der Waals surface area (Å²) in [6.07, 6.45) is 0.566. The molecule has 14 heavy (non-hydrogen) atoms. The van der Waals surface area contributed by atoms with Gasteiger partial charge in [-0.25, -0.2) is 0 Å². The molecule has 0 aromatic carbocycles. The first-order valence-electron chi connectivity index (χ1n) is 4.87. The van der Waals surface area contributed by atoms with Crippen LogP contribution >= 0.6 is 0 Å². The van der Waals surface area contributed by atoms with Gasteiger partial charge in [-0.15, -0.1) is 0 Å². The molecule has 0 heterocycles. The molecule has 0 spiro atoms. The van der Waals surface area contributed by atoms with E-state index in [0.29, 0.717) is 26.4 Å². The highest BCUT2D eigenvalue weighted by Crippen LogP contribution is 1.92. The fourth-order valence-corrected chi connectivity index (χ4v) is 0.809. The minimum atomic E-state index is -0.322. The summed E-state index contributed by atoms with van der Waals surface area (Å²) >= 11 is 0. The Morgan fingerprint density at radius 1 is 1.21 bits per heavy atom. The maximum absolute atomic E-state index is 10.8. The number of carbonyl (C=O) groups is 1. The van der Waals surface area contributed by atoms with E-state index >= 15 is 0 Å².